The van der Waals surface area contributed by atoms with Gasteiger partial charge in [0.1, 0.15) is 0 Å². The molecular weight excluding hydrogens is 262 g/mol. The third-order valence-corrected chi connectivity index (χ3v) is 3.99. The second kappa shape index (κ2) is 9.13. The van der Waals surface area contributed by atoms with Gasteiger partial charge in [-0.15, -0.1) is 0 Å². The Morgan fingerprint density at radius 3 is 2.95 bits per heavy atom. The summed E-state index contributed by atoms with van der Waals surface area (Å²) in [7, 11) is 2.18. The first kappa shape index (κ1) is 16.4. The molecule has 1 aromatic rings. The number of ether oxygens (including phenoxy) is 1. The first-order valence-electron chi connectivity index (χ1n) is 8.22. The summed E-state index contributed by atoms with van der Waals surface area (Å²) in [6, 6.07) is 6.11. The van der Waals surface area contributed by atoms with Crippen molar-refractivity contribution in [3.8, 4) is 0 Å². The van der Waals surface area contributed by atoms with Crippen molar-refractivity contribution in [1.82, 2.24) is 15.2 Å². The minimum Gasteiger partial charge on any atom is -0.372 e. The van der Waals surface area contributed by atoms with Gasteiger partial charge in [-0.1, -0.05) is 13.0 Å². The molecule has 4 heteroatoms. The molecule has 0 aliphatic carbocycles. The van der Waals surface area contributed by atoms with Gasteiger partial charge in [0.05, 0.1) is 12.2 Å². The molecule has 118 valence electrons. The molecule has 1 aliphatic heterocycles. The number of nitrogens with one attached hydrogen (secondary N) is 1. The van der Waals surface area contributed by atoms with E-state index in [0.717, 1.165) is 32.6 Å². The highest BCUT2D eigenvalue weighted by Crippen LogP contribution is 2.19. The van der Waals surface area contributed by atoms with E-state index in [0.29, 0.717) is 12.2 Å². The van der Waals surface area contributed by atoms with E-state index in [1.54, 1.807) is 0 Å². The van der Waals surface area contributed by atoms with Gasteiger partial charge in [0.25, 0.3) is 0 Å². The zero-order valence-corrected chi connectivity index (χ0v) is 13.4. The number of nitrogens with zero attached hydrogens (tertiary/aromatic N) is 2. The van der Waals surface area contributed by atoms with Crippen LogP contribution in [-0.4, -0.2) is 55.3 Å². The lowest BCUT2D eigenvalue weighted by Crippen LogP contribution is -2.33. The van der Waals surface area contributed by atoms with Crippen LogP contribution in [0.3, 0.4) is 0 Å². The van der Waals surface area contributed by atoms with Crippen LogP contribution in [0.1, 0.15) is 31.9 Å². The van der Waals surface area contributed by atoms with Crippen LogP contribution in [0.25, 0.3) is 0 Å². The van der Waals surface area contributed by atoms with Crippen LogP contribution in [0.15, 0.2) is 24.4 Å². The van der Waals surface area contributed by atoms with Crippen LogP contribution in [0.2, 0.25) is 0 Å². The Labute approximate surface area is 128 Å². The molecule has 0 radical (unpaired) electrons. The molecule has 0 bridgehead atoms. The molecule has 21 heavy (non-hydrogen) atoms. The van der Waals surface area contributed by atoms with Crippen molar-refractivity contribution in [2.45, 2.75) is 44.8 Å². The zero-order valence-electron chi connectivity index (χ0n) is 13.4. The summed E-state index contributed by atoms with van der Waals surface area (Å²) in [6.07, 6.45) is 7.24. The molecule has 0 saturated carbocycles. The number of rotatable bonds is 9. The Morgan fingerprint density at radius 1 is 1.33 bits per heavy atom. The third kappa shape index (κ3) is 6.12. The van der Waals surface area contributed by atoms with E-state index in [1.165, 1.54) is 25.0 Å². The predicted octanol–water partition coefficient (Wildman–Crippen LogP) is 2.10. The summed E-state index contributed by atoms with van der Waals surface area (Å²) in [6.45, 7) is 6.35. The molecule has 1 aliphatic rings. The molecule has 2 rings (SSSR count). The van der Waals surface area contributed by atoms with Gasteiger partial charge in [-0.3, -0.25) is 4.98 Å². The smallest absolute Gasteiger partial charge is 0.0707 e. The highest BCUT2D eigenvalue weighted by atomic mass is 16.5. The van der Waals surface area contributed by atoms with Gasteiger partial charge in [-0.05, 0) is 45.0 Å². The predicted molar refractivity (Wildman–Crippen MR) is 86.5 cm³/mol. The summed E-state index contributed by atoms with van der Waals surface area (Å²) in [4.78, 5) is 6.73. The van der Waals surface area contributed by atoms with Crippen LogP contribution in [-0.2, 0) is 11.2 Å². The molecule has 2 atom stereocenters. The van der Waals surface area contributed by atoms with Crippen LogP contribution < -0.4 is 5.32 Å². The maximum Gasteiger partial charge on any atom is 0.0707 e. The second-order valence-electron chi connectivity index (χ2n) is 5.99. The minimum absolute atomic E-state index is 0.396. The lowest BCUT2D eigenvalue weighted by Gasteiger charge is -2.21. The van der Waals surface area contributed by atoms with Crippen molar-refractivity contribution in [3.63, 3.8) is 0 Å². The number of likely N-dealkylation sites (N-methyl/N-ethyl adjacent to an activating group) is 1. The van der Waals surface area contributed by atoms with Crippen molar-refractivity contribution in [2.75, 3.05) is 33.2 Å². The van der Waals surface area contributed by atoms with Gasteiger partial charge in [-0.2, -0.15) is 0 Å². The van der Waals surface area contributed by atoms with Gasteiger partial charge in [-0.25, -0.2) is 0 Å². The summed E-state index contributed by atoms with van der Waals surface area (Å²) in [5, 5.41) is 3.45. The van der Waals surface area contributed by atoms with Gasteiger partial charge < -0.3 is 15.0 Å². The van der Waals surface area contributed by atoms with E-state index in [4.69, 9.17) is 4.74 Å². The monoisotopic (exact) mass is 291 g/mol. The van der Waals surface area contributed by atoms with Crippen molar-refractivity contribution in [3.05, 3.63) is 30.1 Å². The maximum atomic E-state index is 6.11. The molecule has 2 unspecified atom stereocenters. The van der Waals surface area contributed by atoms with Crippen LogP contribution in [0.5, 0.6) is 0 Å². The number of aromatic nitrogens is 1. The maximum absolute atomic E-state index is 6.11. The Bertz CT molecular complexity index is 385. The van der Waals surface area contributed by atoms with Gasteiger partial charge >= 0.3 is 0 Å². The summed E-state index contributed by atoms with van der Waals surface area (Å²) in [5.74, 6) is 0. The molecule has 0 aromatic carbocycles. The Morgan fingerprint density at radius 2 is 2.19 bits per heavy atom. The average Bonchev–Trinajstić information content (AvgIpc) is 2.94. The fraction of sp³-hybridized carbons (Fsp3) is 0.706. The molecule has 1 N–H and O–H groups in total. The fourth-order valence-electron chi connectivity index (χ4n) is 2.79. The second-order valence-corrected chi connectivity index (χ2v) is 5.99. The van der Waals surface area contributed by atoms with Crippen molar-refractivity contribution < 1.29 is 4.74 Å². The van der Waals surface area contributed by atoms with Crippen molar-refractivity contribution in [2.24, 2.45) is 0 Å². The average molecular weight is 291 g/mol. The zero-order chi connectivity index (χ0) is 14.9. The van der Waals surface area contributed by atoms with Gasteiger partial charge in [0.2, 0.25) is 0 Å². The van der Waals surface area contributed by atoms with E-state index in [-0.39, 0.29) is 0 Å². The van der Waals surface area contributed by atoms with Crippen molar-refractivity contribution >= 4 is 0 Å². The number of pyridine rings is 1. The first-order chi connectivity index (χ1) is 10.3. The highest BCUT2D eigenvalue weighted by molar-refractivity contribution is 5.03. The molecule has 1 saturated heterocycles. The SMILES string of the molecule is CCCNCC1CCC(CN(C)CCc2ccccn2)O1. The van der Waals surface area contributed by atoms with E-state index < -0.39 is 0 Å². The fourth-order valence-corrected chi connectivity index (χ4v) is 2.79. The topological polar surface area (TPSA) is 37.4 Å². The highest BCUT2D eigenvalue weighted by Gasteiger charge is 2.25. The van der Waals surface area contributed by atoms with E-state index >= 15 is 0 Å². The Balaban J connectivity index is 1.61. The number of hydrogen-bond donors (Lipinski definition) is 1. The molecule has 0 amide bonds. The summed E-state index contributed by atoms with van der Waals surface area (Å²) in [5.41, 5.74) is 1.17. The Hall–Kier alpha value is -0.970. The quantitative estimate of drug-likeness (QED) is 0.707. The van der Waals surface area contributed by atoms with E-state index in [1.807, 2.05) is 12.3 Å². The first-order valence-corrected chi connectivity index (χ1v) is 8.22. The molecule has 2 heterocycles. The normalized spacial score (nSPS) is 22.0. The van der Waals surface area contributed by atoms with Crippen LogP contribution in [0.4, 0.5) is 0 Å². The lowest BCUT2D eigenvalue weighted by molar-refractivity contribution is 0.0281. The molecule has 4 nitrogen and oxygen atoms in total. The molecule has 1 fully saturated rings. The Kier molecular flexibility index (Phi) is 7.13. The lowest BCUT2D eigenvalue weighted by atomic mass is 10.2. The summed E-state index contributed by atoms with van der Waals surface area (Å²) >= 11 is 0. The van der Waals surface area contributed by atoms with E-state index in [9.17, 15) is 0 Å². The van der Waals surface area contributed by atoms with Gasteiger partial charge in [0, 0.05) is 37.9 Å². The third-order valence-electron chi connectivity index (χ3n) is 3.99. The number of hydrogen-bond acceptors (Lipinski definition) is 4. The molecule has 1 aromatic heterocycles. The minimum atomic E-state index is 0.396. The van der Waals surface area contributed by atoms with E-state index in [2.05, 4.69) is 41.3 Å². The largest absolute Gasteiger partial charge is 0.372 e. The van der Waals surface area contributed by atoms with Gasteiger partial charge in [0.15, 0.2) is 0 Å². The summed E-state index contributed by atoms with van der Waals surface area (Å²) < 4.78 is 6.11. The van der Waals surface area contributed by atoms with Crippen LogP contribution >= 0.6 is 0 Å². The standard InChI is InChI=1S/C17H29N3O/c1-3-10-18-13-16-7-8-17(21-16)14-20(2)12-9-15-6-4-5-11-19-15/h4-6,11,16-18H,3,7-10,12-14H2,1-2H3. The van der Waals surface area contributed by atoms with Crippen molar-refractivity contribution in [1.29, 1.82) is 0 Å². The molecular formula is C17H29N3O. The van der Waals surface area contributed by atoms with Crippen LogP contribution in [0, 0.1) is 0 Å². The molecule has 0 spiro atoms.